The van der Waals surface area contributed by atoms with Gasteiger partial charge in [0.25, 0.3) is 0 Å². The van der Waals surface area contributed by atoms with Gasteiger partial charge in [-0.15, -0.1) is 0 Å². The number of fused-ring (bicyclic) bond motifs is 2. The third-order valence-electron chi connectivity index (χ3n) is 6.88. The predicted octanol–water partition coefficient (Wildman–Crippen LogP) is 4.84. The summed E-state index contributed by atoms with van der Waals surface area (Å²) in [7, 11) is 4.17. The van der Waals surface area contributed by atoms with Crippen LogP contribution in [0.5, 0.6) is 5.75 Å². The monoisotopic (exact) mass is 496 g/mol. The first-order valence-electron chi connectivity index (χ1n) is 12.7. The minimum atomic E-state index is 0.184. The van der Waals surface area contributed by atoms with Crippen molar-refractivity contribution in [3.8, 4) is 17.3 Å². The van der Waals surface area contributed by atoms with E-state index in [4.69, 9.17) is 14.5 Å². The van der Waals surface area contributed by atoms with Crippen molar-refractivity contribution in [2.24, 2.45) is 0 Å². The number of aromatic nitrogens is 4. The summed E-state index contributed by atoms with van der Waals surface area (Å²) < 4.78 is 12.3. The van der Waals surface area contributed by atoms with Gasteiger partial charge in [0.15, 0.2) is 5.82 Å². The number of nitrogens with one attached hydrogen (secondary N) is 2. The Labute approximate surface area is 216 Å². The first kappa shape index (κ1) is 23.5. The normalized spacial score (nSPS) is 18.2. The molecule has 2 N–H and O–H groups in total. The Kier molecular flexibility index (Phi) is 6.28. The quantitative estimate of drug-likeness (QED) is 0.336. The number of rotatable bonds is 7. The van der Waals surface area contributed by atoms with Crippen LogP contribution >= 0.6 is 0 Å². The summed E-state index contributed by atoms with van der Waals surface area (Å²) in [5.74, 6) is 1.50. The molecule has 0 spiro atoms. The fraction of sp³-hybridized carbons (Fsp3) is 0.310. The van der Waals surface area contributed by atoms with Gasteiger partial charge in [-0.2, -0.15) is 5.10 Å². The zero-order chi connectivity index (χ0) is 25.4. The van der Waals surface area contributed by atoms with Crippen molar-refractivity contribution in [3.63, 3.8) is 0 Å². The highest BCUT2D eigenvalue weighted by atomic mass is 16.5. The molecule has 0 radical (unpaired) electrons. The lowest BCUT2D eigenvalue weighted by molar-refractivity contribution is 0.00880. The van der Waals surface area contributed by atoms with Crippen LogP contribution in [0.2, 0.25) is 0 Å². The third-order valence-corrected chi connectivity index (χ3v) is 6.88. The summed E-state index contributed by atoms with van der Waals surface area (Å²) in [6.45, 7) is 5.18. The van der Waals surface area contributed by atoms with Crippen molar-refractivity contribution < 1.29 is 9.47 Å². The van der Waals surface area contributed by atoms with Gasteiger partial charge in [0.1, 0.15) is 18.1 Å². The van der Waals surface area contributed by atoms with E-state index in [-0.39, 0.29) is 6.10 Å². The van der Waals surface area contributed by atoms with E-state index in [0.717, 1.165) is 64.5 Å². The number of hydrogen-bond acceptors (Lipinski definition) is 6. The van der Waals surface area contributed by atoms with E-state index < -0.39 is 0 Å². The second-order valence-electron chi connectivity index (χ2n) is 10.0. The molecular formula is C29H32N6O2. The van der Waals surface area contributed by atoms with Crippen molar-refractivity contribution in [2.75, 3.05) is 38.7 Å². The number of H-pyrrole nitrogens is 2. The highest BCUT2D eigenvalue weighted by Crippen LogP contribution is 2.34. The van der Waals surface area contributed by atoms with E-state index in [1.54, 1.807) is 0 Å². The molecular weight excluding hydrogens is 464 g/mol. The van der Waals surface area contributed by atoms with E-state index >= 15 is 0 Å². The van der Waals surface area contributed by atoms with E-state index in [1.807, 2.05) is 36.4 Å². The molecule has 6 rings (SSSR count). The molecule has 190 valence electrons. The summed E-state index contributed by atoms with van der Waals surface area (Å²) in [6, 6.07) is 22.8. The summed E-state index contributed by atoms with van der Waals surface area (Å²) in [5.41, 5.74) is 5.84. The van der Waals surface area contributed by atoms with Crippen molar-refractivity contribution >= 4 is 27.6 Å². The van der Waals surface area contributed by atoms with Crippen LogP contribution < -0.4 is 9.64 Å². The second-order valence-corrected chi connectivity index (χ2v) is 10.0. The number of benzene rings is 3. The summed E-state index contributed by atoms with van der Waals surface area (Å²) >= 11 is 0. The van der Waals surface area contributed by atoms with Crippen molar-refractivity contribution in [3.05, 3.63) is 72.3 Å². The Bertz CT molecular complexity index is 1510. The van der Waals surface area contributed by atoms with Crippen LogP contribution in [0.15, 0.2) is 66.7 Å². The van der Waals surface area contributed by atoms with Crippen molar-refractivity contribution in [1.29, 1.82) is 0 Å². The Morgan fingerprint density at radius 3 is 2.76 bits per heavy atom. The minimum Gasteiger partial charge on any atom is -0.488 e. The summed E-state index contributed by atoms with van der Waals surface area (Å²) in [4.78, 5) is 13.0. The molecule has 0 amide bonds. The predicted molar refractivity (Wildman–Crippen MR) is 147 cm³/mol. The zero-order valence-electron chi connectivity index (χ0n) is 21.4. The van der Waals surface area contributed by atoms with Crippen LogP contribution in [-0.4, -0.2) is 71.0 Å². The average molecular weight is 497 g/mol. The number of imidazole rings is 1. The van der Waals surface area contributed by atoms with Crippen molar-refractivity contribution in [2.45, 2.75) is 25.7 Å². The maximum Gasteiger partial charge on any atom is 0.159 e. The molecule has 0 aliphatic carbocycles. The van der Waals surface area contributed by atoms with E-state index in [1.165, 1.54) is 5.69 Å². The molecule has 1 aliphatic heterocycles. The lowest BCUT2D eigenvalue weighted by atomic mass is 10.1. The Balaban J connectivity index is 1.31. The zero-order valence-corrected chi connectivity index (χ0v) is 21.4. The van der Waals surface area contributed by atoms with Gasteiger partial charge >= 0.3 is 0 Å². The van der Waals surface area contributed by atoms with Gasteiger partial charge in [0, 0.05) is 24.8 Å². The molecule has 2 unspecified atom stereocenters. The molecule has 3 heterocycles. The van der Waals surface area contributed by atoms with Crippen molar-refractivity contribution in [1.82, 2.24) is 25.1 Å². The smallest absolute Gasteiger partial charge is 0.159 e. The Morgan fingerprint density at radius 2 is 1.92 bits per heavy atom. The molecule has 8 heteroatoms. The SMILES string of the molecule is CC1COC(CN(C)C)CN1c1ccc2nc(-c3n[nH]c4cccc(OCc5ccccc5)c34)[nH]c2c1. The van der Waals surface area contributed by atoms with Crippen LogP contribution in [0.25, 0.3) is 33.5 Å². The first-order valence-corrected chi connectivity index (χ1v) is 12.7. The highest BCUT2D eigenvalue weighted by Gasteiger charge is 2.27. The van der Waals surface area contributed by atoms with Crippen LogP contribution in [0, 0.1) is 0 Å². The number of ether oxygens (including phenoxy) is 2. The van der Waals surface area contributed by atoms with Gasteiger partial charge in [-0.1, -0.05) is 36.4 Å². The number of anilines is 1. The maximum atomic E-state index is 6.22. The molecule has 1 saturated heterocycles. The Morgan fingerprint density at radius 1 is 1.05 bits per heavy atom. The number of likely N-dealkylation sites (N-methyl/N-ethyl adjacent to an activating group) is 1. The molecule has 0 saturated carbocycles. The maximum absolute atomic E-state index is 6.22. The number of nitrogens with zero attached hydrogens (tertiary/aromatic N) is 4. The molecule has 3 aromatic carbocycles. The number of hydrogen-bond donors (Lipinski definition) is 2. The molecule has 2 atom stereocenters. The number of morpholine rings is 1. The van der Waals surface area contributed by atoms with Gasteiger partial charge in [-0.25, -0.2) is 4.98 Å². The molecule has 5 aromatic rings. The molecule has 1 aliphatic rings. The topological polar surface area (TPSA) is 82.3 Å². The molecule has 8 nitrogen and oxygen atoms in total. The largest absolute Gasteiger partial charge is 0.488 e. The van der Waals surface area contributed by atoms with E-state index in [0.29, 0.717) is 12.6 Å². The third kappa shape index (κ3) is 4.77. The van der Waals surface area contributed by atoms with E-state index in [2.05, 4.69) is 76.3 Å². The van der Waals surface area contributed by atoms with Gasteiger partial charge in [-0.05, 0) is 56.9 Å². The van der Waals surface area contributed by atoms with Gasteiger partial charge in [0.2, 0.25) is 0 Å². The minimum absolute atomic E-state index is 0.184. The standard InChI is InChI=1S/C29H32N6O2/c1-19-17-36-22(15-34(2)3)16-35(19)21-12-13-23-25(14-21)31-29(30-23)28-27-24(32-33-28)10-7-11-26(27)37-18-20-8-5-4-6-9-20/h4-14,19,22H,15-18H2,1-3H3,(H,30,31)(H,32,33). The molecule has 37 heavy (non-hydrogen) atoms. The van der Waals surface area contributed by atoms with Gasteiger partial charge in [0.05, 0.1) is 34.6 Å². The van der Waals surface area contributed by atoms with Crippen LogP contribution in [0.4, 0.5) is 5.69 Å². The first-order chi connectivity index (χ1) is 18.0. The average Bonchev–Trinajstić information content (AvgIpc) is 3.53. The molecule has 2 aromatic heterocycles. The fourth-order valence-electron chi connectivity index (χ4n) is 5.05. The van der Waals surface area contributed by atoms with E-state index in [9.17, 15) is 0 Å². The second kappa shape index (κ2) is 9.88. The molecule has 1 fully saturated rings. The fourth-order valence-corrected chi connectivity index (χ4v) is 5.05. The summed E-state index contributed by atoms with van der Waals surface area (Å²) in [6.07, 6.45) is 0.184. The van der Waals surface area contributed by atoms with Crippen LogP contribution in [-0.2, 0) is 11.3 Å². The highest BCUT2D eigenvalue weighted by molar-refractivity contribution is 5.97. The lowest BCUT2D eigenvalue weighted by Crippen LogP contribution is -2.51. The van der Waals surface area contributed by atoms with Gasteiger partial charge < -0.3 is 24.3 Å². The van der Waals surface area contributed by atoms with Gasteiger partial charge in [-0.3, -0.25) is 5.10 Å². The van der Waals surface area contributed by atoms with Crippen LogP contribution in [0.1, 0.15) is 12.5 Å². The number of aromatic amines is 2. The summed E-state index contributed by atoms with van der Waals surface area (Å²) in [5, 5.41) is 8.67. The molecule has 0 bridgehead atoms. The Hall–Kier alpha value is -3.88. The van der Waals surface area contributed by atoms with Crippen LogP contribution in [0.3, 0.4) is 0 Å². The lowest BCUT2D eigenvalue weighted by Gasteiger charge is -2.40.